The highest BCUT2D eigenvalue weighted by Gasteiger charge is 2.29. The molecule has 0 aliphatic heterocycles. The van der Waals surface area contributed by atoms with Crippen molar-refractivity contribution in [1.29, 1.82) is 0 Å². The first-order valence-electron chi connectivity index (χ1n) is 9.67. The average molecular weight is 401 g/mol. The van der Waals surface area contributed by atoms with Crippen molar-refractivity contribution >= 4 is 32.2 Å². The second kappa shape index (κ2) is 7.91. The average Bonchev–Trinajstić information content (AvgIpc) is 2.97. The topological polar surface area (TPSA) is 87.7 Å². The van der Waals surface area contributed by atoms with Crippen LogP contribution in [0.4, 0.5) is 11.5 Å². The Kier molecular flexibility index (Phi) is 5.74. The maximum Gasteiger partial charge on any atom is 0.181 e. The third-order valence-corrected chi connectivity index (χ3v) is 7.75. The molecule has 0 bridgehead atoms. The van der Waals surface area contributed by atoms with Crippen LogP contribution < -0.4 is 5.32 Å². The molecule has 0 saturated carbocycles. The molecule has 0 amide bonds. The SMILES string of the molecule is CCCC(C(C)C)S(=O)(=O)c1ccc2nccc(Nc3n[nH]c(C)c3C)c2c1. The number of fused-ring (bicyclic) bond motifs is 1. The van der Waals surface area contributed by atoms with Gasteiger partial charge in [0, 0.05) is 22.8 Å². The van der Waals surface area contributed by atoms with Gasteiger partial charge < -0.3 is 5.32 Å². The summed E-state index contributed by atoms with van der Waals surface area (Å²) >= 11 is 0. The summed E-state index contributed by atoms with van der Waals surface area (Å²) in [6, 6.07) is 7.02. The number of aromatic amines is 1. The second-order valence-corrected chi connectivity index (χ2v) is 9.77. The molecule has 7 heteroatoms. The summed E-state index contributed by atoms with van der Waals surface area (Å²) in [6.07, 6.45) is 3.20. The van der Waals surface area contributed by atoms with E-state index in [1.54, 1.807) is 24.4 Å². The van der Waals surface area contributed by atoms with Gasteiger partial charge >= 0.3 is 0 Å². The maximum absolute atomic E-state index is 13.3. The smallest absolute Gasteiger partial charge is 0.181 e. The minimum absolute atomic E-state index is 0.0572. The van der Waals surface area contributed by atoms with Gasteiger partial charge in [-0.15, -0.1) is 0 Å². The molecule has 1 unspecified atom stereocenters. The van der Waals surface area contributed by atoms with Crippen LogP contribution in [-0.2, 0) is 9.84 Å². The Morgan fingerprint density at radius 1 is 1.18 bits per heavy atom. The summed E-state index contributed by atoms with van der Waals surface area (Å²) in [7, 11) is -3.42. The summed E-state index contributed by atoms with van der Waals surface area (Å²) in [5.41, 5.74) is 3.54. The molecular formula is C21H28N4O2S. The van der Waals surface area contributed by atoms with Crippen molar-refractivity contribution in [2.45, 2.75) is 57.6 Å². The van der Waals surface area contributed by atoms with Gasteiger partial charge in [-0.05, 0) is 50.5 Å². The molecule has 28 heavy (non-hydrogen) atoms. The number of sulfone groups is 1. The van der Waals surface area contributed by atoms with E-state index in [-0.39, 0.29) is 11.2 Å². The molecular weight excluding hydrogens is 372 g/mol. The lowest BCUT2D eigenvalue weighted by Crippen LogP contribution is -2.26. The van der Waals surface area contributed by atoms with Gasteiger partial charge in [0.2, 0.25) is 0 Å². The van der Waals surface area contributed by atoms with Crippen LogP contribution in [0.3, 0.4) is 0 Å². The van der Waals surface area contributed by atoms with Crippen LogP contribution in [0.2, 0.25) is 0 Å². The number of aryl methyl sites for hydroxylation is 1. The van der Waals surface area contributed by atoms with E-state index >= 15 is 0 Å². The number of aromatic nitrogens is 3. The minimum Gasteiger partial charge on any atom is -0.338 e. The first-order valence-corrected chi connectivity index (χ1v) is 11.2. The highest BCUT2D eigenvalue weighted by atomic mass is 32.2. The number of benzene rings is 1. The van der Waals surface area contributed by atoms with Crippen LogP contribution in [0.1, 0.15) is 44.9 Å². The molecule has 0 aliphatic rings. The van der Waals surface area contributed by atoms with Crippen molar-refractivity contribution in [3.63, 3.8) is 0 Å². The summed E-state index contributed by atoms with van der Waals surface area (Å²) in [6.45, 7) is 9.90. The molecule has 2 heterocycles. The van der Waals surface area contributed by atoms with Gasteiger partial charge in [0.05, 0.1) is 21.3 Å². The maximum atomic E-state index is 13.3. The second-order valence-electron chi connectivity index (χ2n) is 7.60. The van der Waals surface area contributed by atoms with E-state index < -0.39 is 9.84 Å². The van der Waals surface area contributed by atoms with Crippen LogP contribution in [0, 0.1) is 19.8 Å². The van der Waals surface area contributed by atoms with Gasteiger partial charge in [0.15, 0.2) is 15.7 Å². The lowest BCUT2D eigenvalue weighted by atomic mass is 10.1. The Bertz CT molecular complexity index is 1090. The molecule has 1 atom stereocenters. The zero-order valence-corrected chi connectivity index (χ0v) is 17.9. The van der Waals surface area contributed by atoms with Gasteiger partial charge in [0.25, 0.3) is 0 Å². The summed E-state index contributed by atoms with van der Waals surface area (Å²) in [5, 5.41) is 10.9. The van der Waals surface area contributed by atoms with E-state index in [0.29, 0.717) is 11.3 Å². The third kappa shape index (κ3) is 3.76. The fourth-order valence-corrected chi connectivity index (χ4v) is 5.60. The molecule has 2 N–H and O–H groups in total. The number of rotatable bonds is 7. The monoisotopic (exact) mass is 400 g/mol. The van der Waals surface area contributed by atoms with Crippen LogP contribution in [0.15, 0.2) is 35.4 Å². The van der Waals surface area contributed by atoms with Crippen molar-refractivity contribution in [3.05, 3.63) is 41.7 Å². The molecule has 150 valence electrons. The van der Waals surface area contributed by atoms with Crippen molar-refractivity contribution in [3.8, 4) is 0 Å². The molecule has 6 nitrogen and oxygen atoms in total. The van der Waals surface area contributed by atoms with E-state index in [1.807, 2.05) is 40.7 Å². The van der Waals surface area contributed by atoms with Crippen molar-refractivity contribution < 1.29 is 8.42 Å². The number of nitrogens with zero attached hydrogens (tertiary/aromatic N) is 2. The first kappa shape index (κ1) is 20.3. The highest BCUT2D eigenvalue weighted by Crippen LogP contribution is 2.31. The molecule has 0 saturated heterocycles. The highest BCUT2D eigenvalue weighted by molar-refractivity contribution is 7.92. The molecule has 0 fully saturated rings. The van der Waals surface area contributed by atoms with Crippen LogP contribution >= 0.6 is 0 Å². The number of hydrogen-bond acceptors (Lipinski definition) is 5. The fourth-order valence-electron chi connectivity index (χ4n) is 3.45. The molecule has 2 aromatic heterocycles. The zero-order chi connectivity index (χ0) is 20.5. The van der Waals surface area contributed by atoms with Gasteiger partial charge in [-0.3, -0.25) is 10.1 Å². The molecule has 0 aliphatic carbocycles. The lowest BCUT2D eigenvalue weighted by Gasteiger charge is -2.21. The Morgan fingerprint density at radius 3 is 2.54 bits per heavy atom. The molecule has 3 rings (SSSR count). The number of nitrogens with one attached hydrogen (secondary N) is 2. The predicted octanol–water partition coefficient (Wildman–Crippen LogP) is 4.92. The lowest BCUT2D eigenvalue weighted by molar-refractivity contribution is 0.508. The third-order valence-electron chi connectivity index (χ3n) is 5.26. The van der Waals surface area contributed by atoms with E-state index in [1.165, 1.54) is 0 Å². The van der Waals surface area contributed by atoms with Gasteiger partial charge in [-0.2, -0.15) is 5.10 Å². The largest absolute Gasteiger partial charge is 0.338 e. The van der Waals surface area contributed by atoms with E-state index in [2.05, 4.69) is 20.5 Å². The van der Waals surface area contributed by atoms with Crippen molar-refractivity contribution in [2.75, 3.05) is 5.32 Å². The van der Waals surface area contributed by atoms with E-state index in [0.717, 1.165) is 40.1 Å². The Hall–Kier alpha value is -2.41. The molecule has 0 spiro atoms. The number of H-pyrrole nitrogens is 1. The Balaban J connectivity index is 2.08. The van der Waals surface area contributed by atoms with Crippen molar-refractivity contribution in [1.82, 2.24) is 15.2 Å². The standard InChI is InChI=1S/C21H28N4O2S/c1-6-7-20(13(2)3)28(26,27)16-8-9-18-17(12-16)19(10-11-22-18)23-21-14(4)15(5)24-25-21/h8-13,20H,6-7H2,1-5H3,(H2,22,23,24,25). The predicted molar refractivity (Wildman–Crippen MR) is 114 cm³/mol. The fraction of sp³-hybridized carbons (Fsp3) is 0.429. The number of hydrogen-bond donors (Lipinski definition) is 2. The molecule has 3 aromatic rings. The number of pyridine rings is 1. The van der Waals surface area contributed by atoms with Gasteiger partial charge in [-0.1, -0.05) is 27.2 Å². The van der Waals surface area contributed by atoms with Crippen LogP contribution in [0.5, 0.6) is 0 Å². The van der Waals surface area contributed by atoms with E-state index in [4.69, 9.17) is 0 Å². The normalized spacial score (nSPS) is 13.2. The summed E-state index contributed by atoms with van der Waals surface area (Å²) < 4.78 is 26.6. The minimum atomic E-state index is -3.42. The van der Waals surface area contributed by atoms with Crippen LogP contribution in [-0.4, -0.2) is 28.8 Å². The number of anilines is 2. The summed E-state index contributed by atoms with van der Waals surface area (Å²) in [5.74, 6) is 0.783. The Morgan fingerprint density at radius 2 is 1.93 bits per heavy atom. The zero-order valence-electron chi connectivity index (χ0n) is 17.1. The first-order chi connectivity index (χ1) is 13.3. The molecule has 0 radical (unpaired) electrons. The van der Waals surface area contributed by atoms with Crippen molar-refractivity contribution in [2.24, 2.45) is 5.92 Å². The molecule has 1 aromatic carbocycles. The summed E-state index contributed by atoms with van der Waals surface area (Å²) in [4.78, 5) is 4.73. The Labute approximate surface area is 166 Å². The van der Waals surface area contributed by atoms with Gasteiger partial charge in [-0.25, -0.2) is 8.42 Å². The quantitative estimate of drug-likeness (QED) is 0.588. The van der Waals surface area contributed by atoms with Gasteiger partial charge in [0.1, 0.15) is 0 Å². The van der Waals surface area contributed by atoms with Crippen LogP contribution in [0.25, 0.3) is 10.9 Å². The van der Waals surface area contributed by atoms with E-state index in [9.17, 15) is 8.42 Å².